The molecule has 0 aromatic heterocycles. The molecule has 0 saturated heterocycles. The fourth-order valence-corrected chi connectivity index (χ4v) is 11.0. The molecule has 0 N–H and O–H groups in total. The van der Waals surface area contributed by atoms with E-state index in [-0.39, 0.29) is 10.8 Å². The summed E-state index contributed by atoms with van der Waals surface area (Å²) in [6.07, 6.45) is 6.33. The van der Waals surface area contributed by atoms with Crippen LogP contribution in [0.2, 0.25) is 0 Å². The Balaban J connectivity index is 1.12. The molecule has 1 saturated carbocycles. The maximum absolute atomic E-state index is 2.52. The van der Waals surface area contributed by atoms with Crippen LogP contribution in [0.1, 0.15) is 68.2 Å². The lowest BCUT2D eigenvalue weighted by molar-refractivity contribution is 0.353. The highest BCUT2D eigenvalue weighted by molar-refractivity contribution is 6.00. The molecule has 58 heavy (non-hydrogen) atoms. The summed E-state index contributed by atoms with van der Waals surface area (Å²) in [5.41, 5.74) is 22.2. The van der Waals surface area contributed by atoms with Gasteiger partial charge in [-0.25, -0.2) is 0 Å². The van der Waals surface area contributed by atoms with Crippen LogP contribution >= 0.6 is 0 Å². The van der Waals surface area contributed by atoms with Crippen molar-refractivity contribution < 1.29 is 0 Å². The van der Waals surface area contributed by atoms with Crippen LogP contribution in [-0.2, 0) is 10.8 Å². The van der Waals surface area contributed by atoms with Crippen molar-refractivity contribution in [3.63, 3.8) is 0 Å². The van der Waals surface area contributed by atoms with Crippen molar-refractivity contribution >= 4 is 17.1 Å². The molecule has 3 aliphatic rings. The minimum atomic E-state index is -0.0656. The SMILES string of the molecule is CC1(C)c2ccccc2-c2ccc(-c3cccc(N(c4ccccc4-c4ccccc4)c4ccccc4-c4cccc5c4-c4ccccc4C54CCCCC4)c3)cc21. The summed E-state index contributed by atoms with van der Waals surface area (Å²) >= 11 is 0. The molecule has 1 spiro atoms. The molecule has 0 radical (unpaired) electrons. The van der Waals surface area contributed by atoms with Crippen LogP contribution in [-0.4, -0.2) is 0 Å². The molecule has 1 nitrogen and oxygen atoms in total. The zero-order valence-corrected chi connectivity index (χ0v) is 33.4. The lowest BCUT2D eigenvalue weighted by Gasteiger charge is -2.36. The van der Waals surface area contributed by atoms with Crippen molar-refractivity contribution in [1.82, 2.24) is 0 Å². The van der Waals surface area contributed by atoms with Crippen molar-refractivity contribution in [1.29, 1.82) is 0 Å². The van der Waals surface area contributed by atoms with Gasteiger partial charge in [-0.15, -0.1) is 0 Å². The lowest BCUT2D eigenvalue weighted by Crippen LogP contribution is -2.27. The summed E-state index contributed by atoms with van der Waals surface area (Å²) in [4.78, 5) is 2.52. The van der Waals surface area contributed by atoms with Crippen LogP contribution in [0.5, 0.6) is 0 Å². The van der Waals surface area contributed by atoms with Crippen molar-refractivity contribution in [2.24, 2.45) is 0 Å². The summed E-state index contributed by atoms with van der Waals surface area (Å²) < 4.78 is 0. The zero-order chi connectivity index (χ0) is 38.8. The smallest absolute Gasteiger partial charge is 0.0540 e. The summed E-state index contributed by atoms with van der Waals surface area (Å²) in [5.74, 6) is 0. The molecular weight excluding hydrogens is 699 g/mol. The quantitative estimate of drug-likeness (QED) is 0.164. The van der Waals surface area contributed by atoms with Crippen LogP contribution in [0.3, 0.4) is 0 Å². The van der Waals surface area contributed by atoms with E-state index in [1.54, 1.807) is 0 Å². The van der Waals surface area contributed by atoms with E-state index < -0.39 is 0 Å². The van der Waals surface area contributed by atoms with Gasteiger partial charge < -0.3 is 4.90 Å². The van der Waals surface area contributed by atoms with E-state index in [0.717, 1.165) is 11.4 Å². The van der Waals surface area contributed by atoms with Crippen molar-refractivity contribution in [3.05, 3.63) is 210 Å². The topological polar surface area (TPSA) is 3.24 Å². The first-order valence-corrected chi connectivity index (χ1v) is 21.2. The Kier molecular flexibility index (Phi) is 8.15. The van der Waals surface area contributed by atoms with E-state index in [0.29, 0.717) is 0 Å². The van der Waals surface area contributed by atoms with Gasteiger partial charge in [0.2, 0.25) is 0 Å². The molecule has 1 heteroatoms. The normalized spacial score (nSPS) is 15.3. The molecule has 3 aliphatic carbocycles. The predicted molar refractivity (Wildman–Crippen MR) is 244 cm³/mol. The average molecular weight is 746 g/mol. The minimum absolute atomic E-state index is 0.0656. The van der Waals surface area contributed by atoms with Gasteiger partial charge in [-0.1, -0.05) is 191 Å². The van der Waals surface area contributed by atoms with Gasteiger partial charge in [-0.05, 0) is 110 Å². The summed E-state index contributed by atoms with van der Waals surface area (Å²) in [6.45, 7) is 4.73. The summed E-state index contributed by atoms with van der Waals surface area (Å²) in [7, 11) is 0. The first-order valence-electron chi connectivity index (χ1n) is 21.2. The molecule has 0 heterocycles. The Morgan fingerprint density at radius 1 is 0.362 bits per heavy atom. The second kappa shape index (κ2) is 13.6. The van der Waals surface area contributed by atoms with Gasteiger partial charge in [0.15, 0.2) is 0 Å². The number of hydrogen-bond acceptors (Lipinski definition) is 1. The lowest BCUT2D eigenvalue weighted by atomic mass is 9.68. The van der Waals surface area contributed by atoms with Gasteiger partial charge in [-0.3, -0.25) is 0 Å². The molecule has 280 valence electrons. The molecule has 1 fully saturated rings. The van der Waals surface area contributed by atoms with Gasteiger partial charge in [0.05, 0.1) is 11.4 Å². The van der Waals surface area contributed by atoms with E-state index >= 15 is 0 Å². The van der Waals surface area contributed by atoms with E-state index in [4.69, 9.17) is 0 Å². The van der Waals surface area contributed by atoms with Gasteiger partial charge in [0, 0.05) is 27.6 Å². The Morgan fingerprint density at radius 3 is 1.71 bits per heavy atom. The Bertz CT molecular complexity index is 2850. The molecule has 0 amide bonds. The number of rotatable bonds is 6. The van der Waals surface area contributed by atoms with Gasteiger partial charge in [-0.2, -0.15) is 0 Å². The van der Waals surface area contributed by atoms with Gasteiger partial charge in [0.1, 0.15) is 0 Å². The third kappa shape index (κ3) is 5.30. The predicted octanol–water partition coefficient (Wildman–Crippen LogP) is 15.7. The molecular formula is C57H47N. The maximum Gasteiger partial charge on any atom is 0.0540 e. The number of hydrogen-bond donors (Lipinski definition) is 0. The molecule has 0 aliphatic heterocycles. The fourth-order valence-electron chi connectivity index (χ4n) is 11.0. The monoisotopic (exact) mass is 745 g/mol. The third-order valence-corrected chi connectivity index (χ3v) is 13.7. The van der Waals surface area contributed by atoms with Gasteiger partial charge in [0.25, 0.3) is 0 Å². The highest BCUT2D eigenvalue weighted by Gasteiger charge is 2.44. The number of anilines is 3. The molecule has 11 rings (SSSR count). The summed E-state index contributed by atoms with van der Waals surface area (Å²) in [6, 6.07) is 70.5. The van der Waals surface area contributed by atoms with E-state index in [1.165, 1.54) is 116 Å². The highest BCUT2D eigenvalue weighted by atomic mass is 15.1. The molecule has 0 bridgehead atoms. The molecule has 0 atom stereocenters. The first kappa shape index (κ1) is 34.8. The van der Waals surface area contributed by atoms with E-state index in [1.807, 2.05) is 0 Å². The Morgan fingerprint density at radius 2 is 0.914 bits per heavy atom. The second-order valence-electron chi connectivity index (χ2n) is 17.1. The van der Waals surface area contributed by atoms with Crippen LogP contribution in [0.4, 0.5) is 17.1 Å². The standard InChI is InChI=1S/C57H47N/c1-56(2)49-28-11-7-24-44(49)45-34-33-41(38-52(45)56)40-21-17-22-42(37-40)58(53-31-13-9-23-43(53)39-19-5-3-6-20-39)54-32-14-10-25-46(54)47-27-18-30-51-55(47)48-26-8-12-29-50(48)57(51)35-15-4-16-36-57/h3,5-14,17-34,37-38H,4,15-16,35-36H2,1-2H3. The van der Waals surface area contributed by atoms with Gasteiger partial charge >= 0.3 is 0 Å². The van der Waals surface area contributed by atoms with Crippen LogP contribution < -0.4 is 4.90 Å². The Labute approximate surface area is 343 Å². The van der Waals surface area contributed by atoms with E-state index in [9.17, 15) is 0 Å². The fraction of sp³-hybridized carbons (Fsp3) is 0.158. The first-order chi connectivity index (χ1) is 28.5. The van der Waals surface area contributed by atoms with Crippen molar-refractivity contribution in [2.45, 2.75) is 56.8 Å². The van der Waals surface area contributed by atoms with Crippen LogP contribution in [0, 0.1) is 0 Å². The second-order valence-corrected chi connectivity index (χ2v) is 17.1. The largest absolute Gasteiger partial charge is 0.309 e. The molecule has 8 aromatic rings. The highest BCUT2D eigenvalue weighted by Crippen LogP contribution is 2.59. The number of nitrogens with zero attached hydrogens (tertiary/aromatic N) is 1. The Hall–Kier alpha value is -6.44. The number of benzene rings is 8. The van der Waals surface area contributed by atoms with Crippen molar-refractivity contribution in [3.8, 4) is 55.6 Å². The maximum atomic E-state index is 2.52. The van der Waals surface area contributed by atoms with E-state index in [2.05, 4.69) is 207 Å². The number of para-hydroxylation sites is 2. The third-order valence-electron chi connectivity index (χ3n) is 13.7. The number of fused-ring (bicyclic) bond motifs is 8. The molecule has 0 unspecified atom stereocenters. The van der Waals surface area contributed by atoms with Crippen molar-refractivity contribution in [2.75, 3.05) is 4.90 Å². The zero-order valence-electron chi connectivity index (χ0n) is 33.4. The van der Waals surface area contributed by atoms with Crippen LogP contribution in [0.15, 0.2) is 188 Å². The molecule has 8 aromatic carbocycles. The van der Waals surface area contributed by atoms with Crippen LogP contribution in [0.25, 0.3) is 55.6 Å². The average Bonchev–Trinajstić information content (AvgIpc) is 3.69. The summed E-state index contributed by atoms with van der Waals surface area (Å²) in [5, 5.41) is 0. The minimum Gasteiger partial charge on any atom is -0.309 e.